The van der Waals surface area contributed by atoms with Crippen LogP contribution in [0.1, 0.15) is 11.1 Å². The van der Waals surface area contributed by atoms with Crippen molar-refractivity contribution in [3.8, 4) is 0 Å². The molecule has 0 spiro atoms. The molecule has 0 radical (unpaired) electrons. The molecule has 166 valence electrons. The van der Waals surface area contributed by atoms with Crippen molar-refractivity contribution in [2.24, 2.45) is 0 Å². The van der Waals surface area contributed by atoms with Gasteiger partial charge in [0.15, 0.2) is 6.54 Å². The van der Waals surface area contributed by atoms with E-state index < -0.39 is 5.91 Å². The van der Waals surface area contributed by atoms with Gasteiger partial charge in [-0.05, 0) is 38.1 Å². The molecule has 3 rings (SSSR count). The molecule has 8 heteroatoms. The number of hydroxylamine groups is 2. The summed E-state index contributed by atoms with van der Waals surface area (Å²) in [5, 5.41) is 21.9. The fourth-order valence-electron chi connectivity index (χ4n) is 3.62. The fraction of sp³-hybridized carbons (Fsp3) is 0.391. The molecule has 1 aliphatic rings. The number of hydrogen-bond donors (Lipinski definition) is 2. The number of piperazine rings is 1. The van der Waals surface area contributed by atoms with Crippen molar-refractivity contribution >= 4 is 23.2 Å². The third-order valence-corrected chi connectivity index (χ3v) is 5.82. The van der Waals surface area contributed by atoms with Crippen LogP contribution in [0.2, 0.25) is 0 Å². The molecule has 1 aliphatic heterocycles. The number of quaternary nitrogens is 1. The summed E-state index contributed by atoms with van der Waals surface area (Å²) in [5.41, 5.74) is 3.00. The first-order chi connectivity index (χ1) is 14.7. The number of amides is 2. The summed E-state index contributed by atoms with van der Waals surface area (Å²) in [6.45, 7) is 6.72. The van der Waals surface area contributed by atoms with Crippen LogP contribution in [0.3, 0.4) is 0 Å². The van der Waals surface area contributed by atoms with E-state index in [0.29, 0.717) is 52.2 Å². The zero-order valence-electron chi connectivity index (χ0n) is 18.4. The summed E-state index contributed by atoms with van der Waals surface area (Å²) >= 11 is 0. The normalized spacial score (nSPS) is 16.0. The number of hydrogen-bond acceptors (Lipinski definition) is 5. The van der Waals surface area contributed by atoms with E-state index in [2.05, 4.69) is 0 Å². The van der Waals surface area contributed by atoms with Gasteiger partial charge in [-0.15, -0.1) is 0 Å². The Morgan fingerprint density at radius 2 is 1.26 bits per heavy atom. The average Bonchev–Trinajstić information content (AvgIpc) is 2.75. The van der Waals surface area contributed by atoms with Crippen molar-refractivity contribution in [2.75, 3.05) is 56.4 Å². The first kappa shape index (κ1) is 22.9. The quantitative estimate of drug-likeness (QED) is 0.420. The van der Waals surface area contributed by atoms with Crippen molar-refractivity contribution in [1.29, 1.82) is 0 Å². The highest BCUT2D eigenvalue weighted by Crippen LogP contribution is 2.17. The Morgan fingerprint density at radius 1 is 0.839 bits per heavy atom. The molecule has 0 aliphatic carbocycles. The molecule has 2 N–H and O–H groups in total. The number of benzene rings is 2. The molecule has 2 amide bonds. The van der Waals surface area contributed by atoms with Crippen molar-refractivity contribution in [2.45, 2.75) is 13.8 Å². The lowest BCUT2D eigenvalue weighted by Crippen LogP contribution is -2.61. The molecule has 31 heavy (non-hydrogen) atoms. The molecule has 0 atom stereocenters. The monoisotopic (exact) mass is 427 g/mol. The van der Waals surface area contributed by atoms with E-state index in [9.17, 15) is 20.0 Å². The van der Waals surface area contributed by atoms with Gasteiger partial charge in [0.1, 0.15) is 0 Å². The molecular weight excluding hydrogens is 396 g/mol. The van der Waals surface area contributed by atoms with Crippen LogP contribution in [0.5, 0.6) is 0 Å². The van der Waals surface area contributed by atoms with Gasteiger partial charge in [-0.25, -0.2) is 0 Å². The predicted molar refractivity (Wildman–Crippen MR) is 118 cm³/mol. The highest BCUT2D eigenvalue weighted by molar-refractivity contribution is 5.92. The van der Waals surface area contributed by atoms with E-state index in [-0.39, 0.29) is 19.0 Å². The molecule has 0 saturated carbocycles. The Hall–Kier alpha value is -2.78. The zero-order valence-corrected chi connectivity index (χ0v) is 18.4. The first-order valence-electron chi connectivity index (χ1n) is 10.4. The zero-order chi connectivity index (χ0) is 22.6. The van der Waals surface area contributed by atoms with Crippen LogP contribution in [-0.4, -0.2) is 77.9 Å². The lowest BCUT2D eigenvalue weighted by molar-refractivity contribution is -0.906. The molecule has 2 aromatic rings. The van der Waals surface area contributed by atoms with Crippen LogP contribution in [0.15, 0.2) is 48.5 Å². The summed E-state index contributed by atoms with van der Waals surface area (Å²) in [4.78, 5) is 27.0. The second-order valence-electron chi connectivity index (χ2n) is 8.58. The van der Waals surface area contributed by atoms with Crippen molar-refractivity contribution < 1.29 is 24.5 Å². The van der Waals surface area contributed by atoms with Crippen LogP contribution >= 0.6 is 0 Å². The third kappa shape index (κ3) is 5.89. The molecule has 1 heterocycles. The molecule has 1 saturated heterocycles. The van der Waals surface area contributed by atoms with Crippen molar-refractivity contribution in [3.63, 3.8) is 0 Å². The summed E-state index contributed by atoms with van der Waals surface area (Å²) < 4.78 is 0.479. The fourth-order valence-corrected chi connectivity index (χ4v) is 3.62. The molecule has 1 fully saturated rings. The number of likely N-dealkylation sites (N-methyl/N-ethyl adjacent to an activating group) is 1. The highest BCUT2D eigenvalue weighted by Gasteiger charge is 2.34. The van der Waals surface area contributed by atoms with Gasteiger partial charge < -0.3 is 4.48 Å². The first-order valence-corrected chi connectivity index (χ1v) is 10.4. The number of rotatable bonds is 6. The number of anilines is 2. The van der Waals surface area contributed by atoms with Gasteiger partial charge in [0.05, 0.1) is 38.1 Å². The van der Waals surface area contributed by atoms with E-state index in [1.807, 2.05) is 50.1 Å². The SMILES string of the molecule is Cc1ccc(N(O)C(=O)CN2CC[N+](C)(CC(=O)N(O)c3ccc(C)cc3)CC2)cc1. The van der Waals surface area contributed by atoms with E-state index in [0.717, 1.165) is 11.1 Å². The van der Waals surface area contributed by atoms with Crippen molar-refractivity contribution in [1.82, 2.24) is 4.90 Å². The Bertz CT molecular complexity index is 906. The molecule has 2 aromatic carbocycles. The van der Waals surface area contributed by atoms with Gasteiger partial charge in [0.25, 0.3) is 5.91 Å². The van der Waals surface area contributed by atoms with E-state index in [4.69, 9.17) is 0 Å². The molecule has 8 nitrogen and oxygen atoms in total. The maximum absolute atomic E-state index is 12.6. The number of nitrogens with zero attached hydrogens (tertiary/aromatic N) is 4. The lowest BCUT2D eigenvalue weighted by atomic mass is 10.2. The smallest absolute Gasteiger partial charge is 0.305 e. The molecule has 0 bridgehead atoms. The summed E-state index contributed by atoms with van der Waals surface area (Å²) in [5.74, 6) is -0.756. The minimum Gasteiger partial charge on any atom is -0.316 e. The predicted octanol–water partition coefficient (Wildman–Crippen LogP) is 2.21. The van der Waals surface area contributed by atoms with Gasteiger partial charge >= 0.3 is 5.91 Å². The second-order valence-corrected chi connectivity index (χ2v) is 8.58. The standard InChI is InChI=1S/C23H31N4O4/c1-18-4-8-20(9-5-18)25(30)22(28)16-24-12-14-27(3,15-13-24)17-23(29)26(31)21-10-6-19(2)7-11-21/h4-11,30-31H,12-17H2,1-3H3/q+1. The largest absolute Gasteiger partial charge is 0.316 e. The summed E-state index contributed by atoms with van der Waals surface area (Å²) in [6, 6.07) is 14.2. The minimum atomic E-state index is -0.392. The number of carbonyl (C=O) groups excluding carboxylic acids is 2. The second kappa shape index (κ2) is 9.57. The van der Waals surface area contributed by atoms with Crippen LogP contribution < -0.4 is 10.1 Å². The van der Waals surface area contributed by atoms with E-state index >= 15 is 0 Å². The molecule has 0 aromatic heterocycles. The third-order valence-electron chi connectivity index (χ3n) is 5.82. The van der Waals surface area contributed by atoms with Crippen LogP contribution in [0.25, 0.3) is 0 Å². The molecule has 0 unspecified atom stereocenters. The maximum Gasteiger partial charge on any atom is 0.305 e. The number of aryl methyl sites for hydroxylation is 2. The van der Waals surface area contributed by atoms with Gasteiger partial charge in [0.2, 0.25) is 0 Å². The Morgan fingerprint density at radius 3 is 1.71 bits per heavy atom. The summed E-state index contributed by atoms with van der Waals surface area (Å²) in [6.07, 6.45) is 0. The van der Waals surface area contributed by atoms with E-state index in [1.54, 1.807) is 24.3 Å². The van der Waals surface area contributed by atoms with Crippen molar-refractivity contribution in [3.05, 3.63) is 59.7 Å². The Balaban J connectivity index is 1.50. The summed E-state index contributed by atoms with van der Waals surface area (Å²) in [7, 11) is 1.98. The van der Waals surface area contributed by atoms with Gasteiger partial charge in [0, 0.05) is 13.1 Å². The number of carbonyl (C=O) groups is 2. The Labute approximate surface area is 183 Å². The van der Waals surface area contributed by atoms with E-state index in [1.165, 1.54) is 0 Å². The Kier molecular flexibility index (Phi) is 7.07. The maximum atomic E-state index is 12.6. The minimum absolute atomic E-state index is 0.105. The van der Waals surface area contributed by atoms with Gasteiger partial charge in [-0.3, -0.25) is 24.9 Å². The van der Waals surface area contributed by atoms with Crippen LogP contribution in [-0.2, 0) is 9.59 Å². The highest BCUT2D eigenvalue weighted by atomic mass is 16.5. The van der Waals surface area contributed by atoms with Crippen LogP contribution in [0.4, 0.5) is 11.4 Å². The molecular formula is C23H31N4O4+. The average molecular weight is 428 g/mol. The van der Waals surface area contributed by atoms with Gasteiger partial charge in [-0.2, -0.15) is 10.1 Å². The van der Waals surface area contributed by atoms with Gasteiger partial charge in [-0.1, -0.05) is 35.4 Å². The lowest BCUT2D eigenvalue weighted by Gasteiger charge is -2.41. The van der Waals surface area contributed by atoms with Crippen LogP contribution in [0, 0.1) is 13.8 Å². The topological polar surface area (TPSA) is 84.3 Å².